The van der Waals surface area contributed by atoms with Gasteiger partial charge in [0.25, 0.3) is 11.8 Å². The molecule has 3 rings (SSSR count). The monoisotopic (exact) mass is 366 g/mol. The summed E-state index contributed by atoms with van der Waals surface area (Å²) in [6, 6.07) is 14.9. The number of rotatable bonds is 6. The van der Waals surface area contributed by atoms with Crippen LogP contribution in [0, 0.1) is 0 Å². The highest BCUT2D eigenvalue weighted by Crippen LogP contribution is 2.30. The third-order valence-corrected chi connectivity index (χ3v) is 3.81. The fraction of sp³-hybridized carbons (Fsp3) is 0.100. The summed E-state index contributed by atoms with van der Waals surface area (Å²) in [4.78, 5) is 24.9. The van der Waals surface area contributed by atoms with Crippen molar-refractivity contribution in [1.82, 2.24) is 0 Å². The van der Waals surface area contributed by atoms with Gasteiger partial charge in [-0.15, -0.1) is 0 Å². The molecule has 0 spiro atoms. The highest BCUT2D eigenvalue weighted by atomic mass is 16.5. The predicted molar refractivity (Wildman–Crippen MR) is 101 cm³/mol. The van der Waals surface area contributed by atoms with Gasteiger partial charge in [0, 0.05) is 11.8 Å². The summed E-state index contributed by atoms with van der Waals surface area (Å²) in [6.07, 6.45) is 1.41. The Morgan fingerprint density at radius 1 is 0.852 bits per heavy atom. The average molecular weight is 366 g/mol. The first-order valence-corrected chi connectivity index (χ1v) is 8.09. The maximum absolute atomic E-state index is 12.7. The number of benzene rings is 2. The second kappa shape index (κ2) is 8.09. The van der Waals surface area contributed by atoms with E-state index >= 15 is 0 Å². The van der Waals surface area contributed by atoms with Crippen molar-refractivity contribution in [2.75, 3.05) is 24.9 Å². The molecule has 7 heteroatoms. The molecule has 0 radical (unpaired) electrons. The molecule has 2 N–H and O–H groups in total. The van der Waals surface area contributed by atoms with Crippen molar-refractivity contribution in [3.63, 3.8) is 0 Å². The minimum atomic E-state index is -0.439. The van der Waals surface area contributed by atoms with Crippen molar-refractivity contribution in [2.45, 2.75) is 0 Å². The molecule has 1 heterocycles. The van der Waals surface area contributed by atoms with Crippen LogP contribution < -0.4 is 20.1 Å². The number of anilines is 2. The molecule has 0 saturated carbocycles. The molecule has 0 unspecified atom stereocenters. The largest absolute Gasteiger partial charge is 0.493 e. The number of carbonyl (C=O) groups excluding carboxylic acids is 2. The molecule has 7 nitrogen and oxygen atoms in total. The van der Waals surface area contributed by atoms with E-state index in [4.69, 9.17) is 13.9 Å². The van der Waals surface area contributed by atoms with Gasteiger partial charge in [0.2, 0.25) is 0 Å². The minimum absolute atomic E-state index is 0.158. The summed E-state index contributed by atoms with van der Waals surface area (Å²) in [6.45, 7) is 0. The van der Waals surface area contributed by atoms with Gasteiger partial charge in [-0.1, -0.05) is 12.1 Å². The smallest absolute Gasteiger partial charge is 0.291 e. The third kappa shape index (κ3) is 4.09. The molecule has 3 aromatic rings. The van der Waals surface area contributed by atoms with Crippen LogP contribution in [0.15, 0.2) is 65.3 Å². The summed E-state index contributed by atoms with van der Waals surface area (Å²) < 4.78 is 15.5. The third-order valence-electron chi connectivity index (χ3n) is 3.81. The van der Waals surface area contributed by atoms with Gasteiger partial charge >= 0.3 is 0 Å². The molecule has 0 aliphatic carbocycles. The van der Waals surface area contributed by atoms with E-state index in [2.05, 4.69) is 10.6 Å². The number of hydrogen-bond donors (Lipinski definition) is 2. The van der Waals surface area contributed by atoms with Gasteiger partial charge in [0.1, 0.15) is 0 Å². The zero-order valence-electron chi connectivity index (χ0n) is 14.8. The van der Waals surface area contributed by atoms with Crippen molar-refractivity contribution in [1.29, 1.82) is 0 Å². The number of hydrogen-bond acceptors (Lipinski definition) is 5. The van der Waals surface area contributed by atoms with Crippen LogP contribution in [0.25, 0.3) is 0 Å². The minimum Gasteiger partial charge on any atom is -0.493 e. The van der Waals surface area contributed by atoms with E-state index in [0.717, 1.165) is 0 Å². The van der Waals surface area contributed by atoms with E-state index < -0.39 is 5.91 Å². The van der Waals surface area contributed by atoms with Crippen molar-refractivity contribution in [3.05, 3.63) is 72.2 Å². The fourth-order valence-corrected chi connectivity index (χ4v) is 2.49. The number of amides is 2. The van der Waals surface area contributed by atoms with Crippen LogP contribution in [0.3, 0.4) is 0 Å². The Kier molecular flexibility index (Phi) is 5.41. The Labute approximate surface area is 155 Å². The Balaban J connectivity index is 1.80. The summed E-state index contributed by atoms with van der Waals surface area (Å²) in [5.41, 5.74) is 1.22. The van der Waals surface area contributed by atoms with Gasteiger partial charge in [0.15, 0.2) is 17.3 Å². The Morgan fingerprint density at radius 3 is 2.33 bits per heavy atom. The van der Waals surface area contributed by atoms with Gasteiger partial charge < -0.3 is 24.5 Å². The number of methoxy groups -OCH3 is 2. The molecule has 0 atom stereocenters. The van der Waals surface area contributed by atoms with E-state index in [1.165, 1.54) is 20.5 Å². The molecule has 0 aliphatic heterocycles. The predicted octanol–water partition coefficient (Wildman–Crippen LogP) is 3.80. The molecule has 2 aromatic carbocycles. The van der Waals surface area contributed by atoms with Crippen LogP contribution in [0.1, 0.15) is 20.9 Å². The van der Waals surface area contributed by atoms with Gasteiger partial charge in [-0.2, -0.15) is 0 Å². The second-order valence-electron chi connectivity index (χ2n) is 5.50. The number of carbonyl (C=O) groups is 2. The maximum Gasteiger partial charge on any atom is 0.291 e. The molecule has 1 aromatic heterocycles. The quantitative estimate of drug-likeness (QED) is 0.692. The average Bonchev–Trinajstić information content (AvgIpc) is 3.23. The van der Waals surface area contributed by atoms with Crippen molar-refractivity contribution < 1.29 is 23.5 Å². The number of para-hydroxylation sites is 1. The maximum atomic E-state index is 12.7. The van der Waals surface area contributed by atoms with E-state index in [9.17, 15) is 9.59 Å². The summed E-state index contributed by atoms with van der Waals surface area (Å²) in [5, 5.41) is 5.47. The van der Waals surface area contributed by atoms with Crippen LogP contribution in [-0.4, -0.2) is 26.0 Å². The van der Waals surface area contributed by atoms with E-state index in [-0.39, 0.29) is 11.7 Å². The van der Waals surface area contributed by atoms with E-state index in [0.29, 0.717) is 28.4 Å². The fourth-order valence-electron chi connectivity index (χ4n) is 2.49. The lowest BCUT2D eigenvalue weighted by Gasteiger charge is -2.13. The normalized spacial score (nSPS) is 10.1. The van der Waals surface area contributed by atoms with Crippen molar-refractivity contribution >= 4 is 23.2 Å². The number of nitrogens with one attached hydrogen (secondary N) is 2. The van der Waals surface area contributed by atoms with E-state index in [1.54, 1.807) is 54.6 Å². The standard InChI is InChI=1S/C20H18N2O5/c1-25-16-10-9-13(12-18(16)26-2)21-19(23)14-6-3-4-7-15(14)22-20(24)17-8-5-11-27-17/h3-12H,1-2H3,(H,21,23)(H,22,24). The number of furan rings is 1. The highest BCUT2D eigenvalue weighted by Gasteiger charge is 2.16. The summed E-state index contributed by atoms with van der Waals surface area (Å²) in [5.74, 6) is 0.394. The molecular formula is C20H18N2O5. The zero-order chi connectivity index (χ0) is 19.2. The van der Waals surface area contributed by atoms with Gasteiger partial charge in [-0.05, 0) is 36.4 Å². The van der Waals surface area contributed by atoms with Crippen LogP contribution >= 0.6 is 0 Å². The van der Waals surface area contributed by atoms with Crippen molar-refractivity contribution in [2.24, 2.45) is 0 Å². The van der Waals surface area contributed by atoms with Crippen LogP contribution in [0.2, 0.25) is 0 Å². The molecule has 0 aliphatic rings. The molecule has 2 amide bonds. The topological polar surface area (TPSA) is 89.8 Å². The van der Waals surface area contributed by atoms with Crippen LogP contribution in [0.5, 0.6) is 11.5 Å². The number of ether oxygens (including phenoxy) is 2. The first-order valence-electron chi connectivity index (χ1n) is 8.09. The lowest BCUT2D eigenvalue weighted by Crippen LogP contribution is -2.18. The molecule has 27 heavy (non-hydrogen) atoms. The SMILES string of the molecule is COc1ccc(NC(=O)c2ccccc2NC(=O)c2ccco2)cc1OC. The first-order chi connectivity index (χ1) is 13.1. The zero-order valence-corrected chi connectivity index (χ0v) is 14.8. The summed E-state index contributed by atoms with van der Waals surface area (Å²) in [7, 11) is 3.05. The van der Waals surface area contributed by atoms with Gasteiger partial charge in [-0.3, -0.25) is 9.59 Å². The highest BCUT2D eigenvalue weighted by molar-refractivity contribution is 6.12. The van der Waals surface area contributed by atoms with Crippen LogP contribution in [0.4, 0.5) is 11.4 Å². The Hall–Kier alpha value is -3.74. The van der Waals surface area contributed by atoms with Crippen molar-refractivity contribution in [3.8, 4) is 11.5 Å². The van der Waals surface area contributed by atoms with Gasteiger partial charge in [-0.25, -0.2) is 0 Å². The van der Waals surface area contributed by atoms with Gasteiger partial charge in [0.05, 0.1) is 31.7 Å². The molecule has 138 valence electrons. The van der Waals surface area contributed by atoms with Crippen LogP contribution in [-0.2, 0) is 0 Å². The Morgan fingerprint density at radius 2 is 1.63 bits per heavy atom. The molecule has 0 fully saturated rings. The molecule has 0 bridgehead atoms. The molecule has 0 saturated heterocycles. The Bertz CT molecular complexity index is 951. The lowest BCUT2D eigenvalue weighted by atomic mass is 10.1. The molecular weight excluding hydrogens is 348 g/mol. The lowest BCUT2D eigenvalue weighted by molar-refractivity contribution is 0.0996. The summed E-state index contributed by atoms with van der Waals surface area (Å²) >= 11 is 0. The first kappa shape index (κ1) is 18.1. The second-order valence-corrected chi connectivity index (χ2v) is 5.50. The van der Waals surface area contributed by atoms with E-state index in [1.807, 2.05) is 0 Å².